The summed E-state index contributed by atoms with van der Waals surface area (Å²) in [6.07, 6.45) is -6.42. The second-order valence-electron chi connectivity index (χ2n) is 15.5. The first-order valence-corrected chi connectivity index (χ1v) is 17.4. The number of carbonyl (C=O) groups excluding carboxylic acids is 5. The molecule has 6 saturated carbocycles. The molecular formula is C39H41NO11. The largest absolute Gasteiger partial charge is 0.461 e. The number of esters is 4. The number of benzene rings is 2. The number of carbonyl (C=O) groups is 5. The number of aliphatic hydroxyl groups excluding tert-OH is 2. The monoisotopic (exact) mass is 699 g/mol. The van der Waals surface area contributed by atoms with Crippen molar-refractivity contribution >= 4 is 30.2 Å². The minimum absolute atomic E-state index is 0.0308. The summed E-state index contributed by atoms with van der Waals surface area (Å²) >= 11 is 0. The summed E-state index contributed by atoms with van der Waals surface area (Å²) in [6, 6.07) is 15.2. The molecule has 15 atom stereocenters. The maximum atomic E-state index is 13.8. The van der Waals surface area contributed by atoms with Gasteiger partial charge in [0.1, 0.15) is 30.7 Å². The highest BCUT2D eigenvalue weighted by Gasteiger charge is 2.95. The van der Waals surface area contributed by atoms with E-state index in [1.54, 1.807) is 74.6 Å². The van der Waals surface area contributed by atoms with Gasteiger partial charge in [-0.25, -0.2) is 9.59 Å². The van der Waals surface area contributed by atoms with Crippen LogP contribution in [0.15, 0.2) is 72.8 Å². The average Bonchev–Trinajstić information content (AvgIpc) is 3.44. The number of aldehydes is 1. The lowest BCUT2D eigenvalue weighted by Crippen LogP contribution is -2.81. The quantitative estimate of drug-likeness (QED) is 0.188. The van der Waals surface area contributed by atoms with Crippen LogP contribution in [0.3, 0.4) is 0 Å². The second kappa shape index (κ2) is 11.3. The molecule has 2 aliphatic heterocycles. The van der Waals surface area contributed by atoms with Crippen molar-refractivity contribution in [3.63, 3.8) is 0 Å². The zero-order valence-electron chi connectivity index (χ0n) is 28.7. The Hall–Kier alpha value is -4.39. The maximum Gasteiger partial charge on any atom is 0.338 e. The number of rotatable bonds is 7. The molecule has 12 heteroatoms. The van der Waals surface area contributed by atoms with Crippen LogP contribution in [0.5, 0.6) is 0 Å². The smallest absolute Gasteiger partial charge is 0.338 e. The Morgan fingerprint density at radius 3 is 1.94 bits per heavy atom. The molecule has 6 aliphatic carbocycles. The summed E-state index contributed by atoms with van der Waals surface area (Å²) < 4.78 is 25.1. The van der Waals surface area contributed by atoms with Crippen LogP contribution in [0, 0.1) is 39.9 Å². The number of likely N-dealkylation sites (N-methyl/N-ethyl adjacent to an activating group) is 1. The Balaban J connectivity index is 1.37. The zero-order chi connectivity index (χ0) is 36.4. The maximum absolute atomic E-state index is 13.8. The fraction of sp³-hybridized carbons (Fsp3) is 0.513. The minimum Gasteiger partial charge on any atom is -0.461 e. The van der Waals surface area contributed by atoms with Gasteiger partial charge in [0.25, 0.3) is 0 Å². The first kappa shape index (κ1) is 33.7. The molecule has 12 nitrogen and oxygen atoms in total. The summed E-state index contributed by atoms with van der Waals surface area (Å²) in [7, 11) is 1.80. The van der Waals surface area contributed by atoms with Crippen molar-refractivity contribution < 1.29 is 53.1 Å². The summed E-state index contributed by atoms with van der Waals surface area (Å²) in [5.74, 6) is -6.05. The molecule has 2 aromatic carbocycles. The van der Waals surface area contributed by atoms with Crippen LogP contribution in [0.4, 0.5) is 0 Å². The molecule has 2 spiro atoms. The van der Waals surface area contributed by atoms with Gasteiger partial charge in [-0.15, -0.1) is 0 Å². The van der Waals surface area contributed by atoms with E-state index in [-0.39, 0.29) is 23.1 Å². The molecule has 51 heavy (non-hydrogen) atoms. The van der Waals surface area contributed by atoms with Gasteiger partial charge in [-0.1, -0.05) is 49.9 Å². The molecule has 8 fully saturated rings. The Kier molecular flexibility index (Phi) is 7.48. The lowest BCUT2D eigenvalue weighted by atomic mass is 9.37. The molecule has 2 aromatic rings. The van der Waals surface area contributed by atoms with Crippen molar-refractivity contribution in [2.45, 2.75) is 75.9 Å². The first-order chi connectivity index (χ1) is 24.3. The first-order valence-electron chi connectivity index (χ1n) is 17.4. The standard InChI is InChI=1S/C39H41NO11/c1-18-24-27(51-36(47)22-14-10-7-11-15-22)25-31-39-29(26(40(31)5)33(45)38(25,32(18)44)30(39)28(24)48-19(2)42)37(4,17-41)16-23(34(39)49-20(3)43)50-35(46)21-12-8-6-9-13-21/h6-15,17,23-34,44-45H,1,16H2,2-5H3/t23-,24-,25+,26+,27-,28+,29+,30+,31+,32-,33-,34+,37-,38-,39+/m0/s1. The molecule has 8 aliphatic rings. The molecule has 2 N–H and O–H groups in total. The molecule has 2 saturated heterocycles. The number of fused-ring (bicyclic) bond motifs is 1. The molecule has 7 bridgehead atoms. The molecule has 10 rings (SSSR count). The Morgan fingerprint density at radius 1 is 0.824 bits per heavy atom. The van der Waals surface area contributed by atoms with Crippen molar-refractivity contribution in [2.75, 3.05) is 7.05 Å². The molecular weight excluding hydrogens is 658 g/mol. The highest BCUT2D eigenvalue weighted by molar-refractivity contribution is 5.90. The van der Waals surface area contributed by atoms with Crippen LogP contribution in [-0.4, -0.2) is 101 Å². The molecule has 0 aromatic heterocycles. The van der Waals surface area contributed by atoms with Crippen LogP contribution in [0.1, 0.15) is 47.9 Å². The molecule has 0 radical (unpaired) electrons. The molecule has 2 heterocycles. The van der Waals surface area contributed by atoms with Crippen LogP contribution < -0.4 is 0 Å². The van der Waals surface area contributed by atoms with Crippen molar-refractivity contribution in [3.05, 3.63) is 83.9 Å². The third kappa shape index (κ3) is 4.09. The van der Waals surface area contributed by atoms with Crippen molar-refractivity contribution in [2.24, 2.45) is 39.9 Å². The molecule has 0 unspecified atom stereocenters. The SMILES string of the molecule is C=C1[C@@H]2[C@@H](OC(C)=O)[C@@H]3[C@@]4([C@H]([C@H]2OC(=O)c2ccccc2)[C@H]2N(C)[C@@H]([C@@H]4O)[C@H]4[C@@]32[C@H](OC(C)=O)[C@@H](OC(=O)c2ccccc2)C[C@@]4(C)C=O)[C@H]1O. The Morgan fingerprint density at radius 2 is 1.39 bits per heavy atom. The average molecular weight is 700 g/mol. The lowest BCUT2D eigenvalue weighted by molar-refractivity contribution is -0.308. The number of piperidine rings is 1. The van der Waals surface area contributed by atoms with E-state index in [0.29, 0.717) is 0 Å². The number of hydrogen-bond acceptors (Lipinski definition) is 12. The molecule has 268 valence electrons. The van der Waals surface area contributed by atoms with Gasteiger partial charge in [0.2, 0.25) is 0 Å². The Labute approximate surface area is 294 Å². The summed E-state index contributed by atoms with van der Waals surface area (Å²) in [6.45, 7) is 8.47. The van der Waals surface area contributed by atoms with Gasteiger partial charge in [0.15, 0.2) is 0 Å². The van der Waals surface area contributed by atoms with Gasteiger partial charge in [0.05, 0.1) is 29.3 Å². The number of aliphatic hydroxyl groups is 2. The van der Waals surface area contributed by atoms with E-state index in [1.807, 2.05) is 4.90 Å². The number of ether oxygens (including phenoxy) is 4. The van der Waals surface area contributed by atoms with E-state index in [9.17, 15) is 34.2 Å². The predicted molar refractivity (Wildman–Crippen MR) is 177 cm³/mol. The van der Waals surface area contributed by atoms with E-state index in [0.717, 1.165) is 6.29 Å². The highest BCUT2D eigenvalue weighted by atomic mass is 16.6. The zero-order valence-corrected chi connectivity index (χ0v) is 28.7. The normalized spacial score (nSPS) is 44.0. The molecule has 0 amide bonds. The van der Waals surface area contributed by atoms with E-state index in [1.165, 1.54) is 13.8 Å². The lowest BCUT2D eigenvalue weighted by Gasteiger charge is -2.70. The summed E-state index contributed by atoms with van der Waals surface area (Å²) in [5.41, 5.74) is -3.34. The van der Waals surface area contributed by atoms with Crippen LogP contribution in [-0.2, 0) is 33.3 Å². The minimum atomic E-state index is -1.51. The van der Waals surface area contributed by atoms with Crippen LogP contribution in [0.2, 0.25) is 0 Å². The van der Waals surface area contributed by atoms with Crippen molar-refractivity contribution in [1.82, 2.24) is 4.90 Å². The predicted octanol–water partition coefficient (Wildman–Crippen LogP) is 2.36. The van der Waals surface area contributed by atoms with Crippen molar-refractivity contribution in [1.29, 1.82) is 0 Å². The van der Waals surface area contributed by atoms with Gasteiger partial charge in [-0.2, -0.15) is 0 Å². The Bertz CT molecular complexity index is 1830. The summed E-state index contributed by atoms with van der Waals surface area (Å²) in [4.78, 5) is 69.1. The van der Waals surface area contributed by atoms with E-state index < -0.39 is 113 Å². The van der Waals surface area contributed by atoms with Gasteiger partial charge in [-0.05, 0) is 36.9 Å². The summed E-state index contributed by atoms with van der Waals surface area (Å²) in [5, 5.41) is 25.1. The third-order valence-electron chi connectivity index (χ3n) is 13.3. The third-order valence-corrected chi connectivity index (χ3v) is 13.3. The van der Waals surface area contributed by atoms with E-state index in [2.05, 4.69) is 6.58 Å². The fourth-order valence-electron chi connectivity index (χ4n) is 12.4. The van der Waals surface area contributed by atoms with E-state index in [4.69, 9.17) is 18.9 Å². The second-order valence-corrected chi connectivity index (χ2v) is 15.5. The van der Waals surface area contributed by atoms with Crippen LogP contribution in [0.25, 0.3) is 0 Å². The van der Waals surface area contributed by atoms with Crippen LogP contribution >= 0.6 is 0 Å². The number of hydrogen-bond donors (Lipinski definition) is 2. The fourth-order valence-corrected chi connectivity index (χ4v) is 12.4. The highest BCUT2D eigenvalue weighted by Crippen LogP contribution is 2.85. The topological polar surface area (TPSA) is 166 Å². The number of nitrogens with zero attached hydrogens (tertiary/aromatic N) is 1. The van der Waals surface area contributed by atoms with Gasteiger partial charge in [-0.3, -0.25) is 14.5 Å². The van der Waals surface area contributed by atoms with Gasteiger partial charge >= 0.3 is 23.9 Å². The van der Waals surface area contributed by atoms with Crippen molar-refractivity contribution in [3.8, 4) is 0 Å². The van der Waals surface area contributed by atoms with E-state index >= 15 is 0 Å². The van der Waals surface area contributed by atoms with Gasteiger partial charge < -0.3 is 34.0 Å². The van der Waals surface area contributed by atoms with Gasteiger partial charge in [0, 0.05) is 66.4 Å².